The van der Waals surface area contributed by atoms with E-state index >= 15 is 0 Å². The minimum absolute atomic E-state index is 1.10. The van der Waals surface area contributed by atoms with Crippen LogP contribution in [0.3, 0.4) is 0 Å². The summed E-state index contributed by atoms with van der Waals surface area (Å²) < 4.78 is 1.30. The fourth-order valence-electron chi connectivity index (χ4n) is 1.30. The molecule has 1 nitrogen and oxygen atoms in total. The number of pyridine rings is 1. The van der Waals surface area contributed by atoms with E-state index in [0.717, 1.165) is 5.69 Å². The van der Waals surface area contributed by atoms with Crippen LogP contribution in [0.15, 0.2) is 12.1 Å². The van der Waals surface area contributed by atoms with Crippen molar-refractivity contribution in [3.63, 3.8) is 0 Å². The van der Waals surface area contributed by atoms with Gasteiger partial charge in [-0.05, 0) is 52.3 Å². The fourth-order valence-corrected chi connectivity index (χ4v) is 2.31. The van der Waals surface area contributed by atoms with Crippen molar-refractivity contribution in [3.05, 3.63) is 28.3 Å². The SMILES string of the molecule is CC.CC#CC.Cc1ccc2sc(C)c(C)c2n1. The largest absolute Gasteiger partial charge is 0.252 e. The molecule has 0 aromatic carbocycles. The van der Waals surface area contributed by atoms with Gasteiger partial charge in [0.25, 0.3) is 0 Å². The van der Waals surface area contributed by atoms with E-state index in [1.807, 2.05) is 46.0 Å². The van der Waals surface area contributed by atoms with Crippen molar-refractivity contribution < 1.29 is 0 Å². The molecule has 0 amide bonds. The molecule has 2 aromatic heterocycles. The van der Waals surface area contributed by atoms with Crippen molar-refractivity contribution in [1.29, 1.82) is 0 Å². The smallest absolute Gasteiger partial charge is 0.0844 e. The Hall–Kier alpha value is -1.33. The van der Waals surface area contributed by atoms with Gasteiger partial charge in [-0.3, -0.25) is 4.98 Å². The molecule has 2 heteroatoms. The lowest BCUT2D eigenvalue weighted by molar-refractivity contribution is 1.25. The third-order valence-electron chi connectivity index (χ3n) is 2.39. The normalized spacial score (nSPS) is 8.39. The van der Waals surface area contributed by atoms with Crippen molar-refractivity contribution in [3.8, 4) is 11.8 Å². The molecular weight excluding hydrogens is 238 g/mol. The summed E-state index contributed by atoms with van der Waals surface area (Å²) in [6.45, 7) is 14.0. The van der Waals surface area contributed by atoms with Gasteiger partial charge in [0.15, 0.2) is 0 Å². The van der Waals surface area contributed by atoms with Crippen LogP contribution in [0.4, 0.5) is 0 Å². The lowest BCUT2D eigenvalue weighted by Crippen LogP contribution is -1.80. The molecule has 0 saturated carbocycles. The molecule has 2 heterocycles. The minimum Gasteiger partial charge on any atom is -0.252 e. The van der Waals surface area contributed by atoms with Crippen molar-refractivity contribution in [2.75, 3.05) is 0 Å². The topological polar surface area (TPSA) is 12.9 Å². The number of aryl methyl sites for hydroxylation is 3. The average Bonchev–Trinajstić information content (AvgIpc) is 2.68. The number of hydrogen-bond donors (Lipinski definition) is 0. The zero-order valence-electron chi connectivity index (χ0n) is 12.5. The van der Waals surface area contributed by atoms with Crippen LogP contribution in [0, 0.1) is 32.6 Å². The summed E-state index contributed by atoms with van der Waals surface area (Å²) in [5.41, 5.74) is 3.61. The predicted octanol–water partition coefficient (Wildman–Crippen LogP) is 5.28. The van der Waals surface area contributed by atoms with Crippen LogP contribution in [0.25, 0.3) is 10.2 Å². The third kappa shape index (κ3) is 4.50. The summed E-state index contributed by atoms with van der Waals surface area (Å²) in [5, 5.41) is 0. The van der Waals surface area contributed by atoms with E-state index in [0.29, 0.717) is 0 Å². The van der Waals surface area contributed by atoms with Gasteiger partial charge in [-0.25, -0.2) is 0 Å². The second kappa shape index (κ2) is 8.72. The van der Waals surface area contributed by atoms with Gasteiger partial charge < -0.3 is 0 Å². The van der Waals surface area contributed by atoms with Crippen molar-refractivity contribution in [2.24, 2.45) is 0 Å². The molecule has 0 unspecified atom stereocenters. The summed E-state index contributed by atoms with van der Waals surface area (Å²) in [6.07, 6.45) is 0. The van der Waals surface area contributed by atoms with Crippen LogP contribution in [0.1, 0.15) is 43.8 Å². The number of nitrogens with zero attached hydrogens (tertiary/aromatic N) is 1. The van der Waals surface area contributed by atoms with Crippen LogP contribution in [0.5, 0.6) is 0 Å². The van der Waals surface area contributed by atoms with Crippen LogP contribution >= 0.6 is 11.3 Å². The van der Waals surface area contributed by atoms with Gasteiger partial charge in [-0.2, -0.15) is 0 Å². The molecule has 0 fully saturated rings. The number of thiophene rings is 1. The monoisotopic (exact) mass is 261 g/mol. The Morgan fingerprint density at radius 3 is 2.06 bits per heavy atom. The molecule has 0 aliphatic carbocycles. The predicted molar refractivity (Wildman–Crippen MR) is 84.3 cm³/mol. The minimum atomic E-state index is 1.10. The molecule has 0 spiro atoms. The first-order chi connectivity index (χ1) is 8.60. The lowest BCUT2D eigenvalue weighted by Gasteiger charge is -1.92. The standard InChI is InChI=1S/C10H11NS.C4H6.C2H6/c1-6-4-5-9-10(11-6)7(2)8(3)12-9;1-3-4-2;1-2/h4-5H,1-3H3;1-2H3;1-2H3. The van der Waals surface area contributed by atoms with E-state index in [-0.39, 0.29) is 0 Å². The highest BCUT2D eigenvalue weighted by atomic mass is 32.1. The van der Waals surface area contributed by atoms with Gasteiger partial charge in [0.05, 0.1) is 10.2 Å². The van der Waals surface area contributed by atoms with E-state index in [1.54, 1.807) is 0 Å². The molecule has 0 aliphatic rings. The second-order valence-corrected chi connectivity index (χ2v) is 4.84. The molecule has 0 N–H and O–H groups in total. The van der Waals surface area contributed by atoms with E-state index in [2.05, 4.69) is 42.8 Å². The molecule has 18 heavy (non-hydrogen) atoms. The highest BCUT2D eigenvalue weighted by Gasteiger charge is 2.04. The molecule has 0 aliphatic heterocycles. The zero-order chi connectivity index (χ0) is 14.1. The fraction of sp³-hybridized carbons (Fsp3) is 0.438. The second-order valence-electron chi connectivity index (χ2n) is 3.58. The maximum Gasteiger partial charge on any atom is 0.0844 e. The Bertz CT molecular complexity index is 535. The molecule has 98 valence electrons. The Balaban J connectivity index is 0.000000415. The maximum absolute atomic E-state index is 4.51. The van der Waals surface area contributed by atoms with Crippen LogP contribution < -0.4 is 0 Å². The zero-order valence-corrected chi connectivity index (χ0v) is 13.3. The van der Waals surface area contributed by atoms with Crippen LogP contribution in [0.2, 0.25) is 0 Å². The first kappa shape index (κ1) is 16.7. The molecule has 2 aromatic rings. The van der Waals surface area contributed by atoms with Gasteiger partial charge in [0.1, 0.15) is 0 Å². The number of fused-ring (bicyclic) bond motifs is 1. The molecule has 0 bridgehead atoms. The highest BCUT2D eigenvalue weighted by Crippen LogP contribution is 2.28. The number of hydrogen-bond acceptors (Lipinski definition) is 2. The average molecular weight is 261 g/mol. The summed E-state index contributed by atoms with van der Waals surface area (Å²) in [6, 6.07) is 4.22. The summed E-state index contributed by atoms with van der Waals surface area (Å²) >= 11 is 1.82. The Morgan fingerprint density at radius 2 is 1.56 bits per heavy atom. The molecular formula is C16H23NS. The molecule has 0 saturated heterocycles. The van der Waals surface area contributed by atoms with E-state index < -0.39 is 0 Å². The highest BCUT2D eigenvalue weighted by molar-refractivity contribution is 7.19. The molecule has 0 atom stereocenters. The first-order valence-electron chi connectivity index (χ1n) is 6.27. The maximum atomic E-state index is 4.51. The molecule has 2 rings (SSSR count). The van der Waals surface area contributed by atoms with Crippen LogP contribution in [-0.4, -0.2) is 4.98 Å². The van der Waals surface area contributed by atoms with Gasteiger partial charge in [-0.1, -0.05) is 13.8 Å². The van der Waals surface area contributed by atoms with Crippen molar-refractivity contribution >= 4 is 21.6 Å². The van der Waals surface area contributed by atoms with Crippen molar-refractivity contribution in [1.82, 2.24) is 4.98 Å². The summed E-state index contributed by atoms with van der Waals surface area (Å²) in [7, 11) is 0. The van der Waals surface area contributed by atoms with Gasteiger partial charge >= 0.3 is 0 Å². The Morgan fingerprint density at radius 1 is 1.00 bits per heavy atom. The first-order valence-corrected chi connectivity index (χ1v) is 7.08. The summed E-state index contributed by atoms with van der Waals surface area (Å²) in [5.74, 6) is 5.36. The quantitative estimate of drug-likeness (QED) is 0.588. The third-order valence-corrected chi connectivity index (χ3v) is 3.56. The lowest BCUT2D eigenvalue weighted by atomic mass is 10.2. The Labute approximate surface area is 115 Å². The Kier molecular flexibility index (Phi) is 8.07. The van der Waals surface area contributed by atoms with E-state index in [1.165, 1.54) is 20.7 Å². The number of aromatic nitrogens is 1. The van der Waals surface area contributed by atoms with Gasteiger partial charge in [0, 0.05) is 10.6 Å². The molecule has 0 radical (unpaired) electrons. The summed E-state index contributed by atoms with van der Waals surface area (Å²) in [4.78, 5) is 5.88. The van der Waals surface area contributed by atoms with E-state index in [4.69, 9.17) is 0 Å². The van der Waals surface area contributed by atoms with Crippen LogP contribution in [-0.2, 0) is 0 Å². The van der Waals surface area contributed by atoms with E-state index in [9.17, 15) is 0 Å². The number of rotatable bonds is 0. The van der Waals surface area contributed by atoms with Gasteiger partial charge in [-0.15, -0.1) is 23.2 Å². The van der Waals surface area contributed by atoms with Crippen molar-refractivity contribution in [2.45, 2.75) is 48.5 Å². The van der Waals surface area contributed by atoms with Gasteiger partial charge in [0.2, 0.25) is 0 Å².